The highest BCUT2D eigenvalue weighted by Gasteiger charge is 2.34. The number of nitrogens with zero attached hydrogens (tertiary/aromatic N) is 1. The Labute approximate surface area is 102 Å². The molecule has 0 radical (unpaired) electrons. The number of carbonyl (C=O) groups is 2. The number of likely N-dealkylation sites (tertiary alicyclic amines) is 1. The Balaban J connectivity index is 2.67. The number of rotatable bonds is 4. The Bertz CT molecular complexity index is 332. The van der Waals surface area contributed by atoms with Gasteiger partial charge >= 0.3 is 5.97 Å². The van der Waals surface area contributed by atoms with E-state index in [9.17, 15) is 9.59 Å². The van der Waals surface area contributed by atoms with E-state index in [1.807, 2.05) is 0 Å². The van der Waals surface area contributed by atoms with Crippen molar-refractivity contribution in [3.8, 4) is 12.3 Å². The van der Waals surface area contributed by atoms with Crippen molar-refractivity contribution in [3.63, 3.8) is 0 Å². The molecule has 0 aromatic heterocycles. The van der Waals surface area contributed by atoms with Gasteiger partial charge in [0.15, 0.2) is 0 Å². The van der Waals surface area contributed by atoms with E-state index in [-0.39, 0.29) is 12.3 Å². The first kappa shape index (κ1) is 13.6. The smallest absolute Gasteiger partial charge is 0.326 e. The van der Waals surface area contributed by atoms with Gasteiger partial charge in [0.1, 0.15) is 6.04 Å². The molecule has 0 saturated carbocycles. The molecular formula is C13H19NO3. The molecule has 0 aliphatic carbocycles. The van der Waals surface area contributed by atoms with Crippen LogP contribution in [0.3, 0.4) is 0 Å². The van der Waals surface area contributed by atoms with Gasteiger partial charge in [0.2, 0.25) is 5.91 Å². The average Bonchev–Trinajstić information content (AvgIpc) is 2.35. The quantitative estimate of drug-likeness (QED) is 0.754. The largest absolute Gasteiger partial charge is 0.480 e. The second-order valence-electron chi connectivity index (χ2n) is 4.44. The SMILES string of the molecule is C#CCCC(=O)N1CCC(CC)CC1C(=O)O. The van der Waals surface area contributed by atoms with Crippen molar-refractivity contribution in [2.75, 3.05) is 6.54 Å². The van der Waals surface area contributed by atoms with E-state index in [2.05, 4.69) is 12.8 Å². The van der Waals surface area contributed by atoms with E-state index in [1.165, 1.54) is 4.90 Å². The summed E-state index contributed by atoms with van der Waals surface area (Å²) in [6.45, 7) is 2.60. The van der Waals surface area contributed by atoms with Gasteiger partial charge in [-0.05, 0) is 18.8 Å². The molecule has 1 aliphatic heterocycles. The van der Waals surface area contributed by atoms with Crippen LogP contribution in [-0.2, 0) is 9.59 Å². The lowest BCUT2D eigenvalue weighted by Gasteiger charge is -2.37. The molecule has 17 heavy (non-hydrogen) atoms. The fourth-order valence-corrected chi connectivity index (χ4v) is 2.26. The molecule has 1 heterocycles. The second kappa shape index (κ2) is 6.29. The standard InChI is InChI=1S/C13H19NO3/c1-3-5-6-12(15)14-8-7-10(4-2)9-11(14)13(16)17/h1,10-11H,4-9H2,2H3,(H,16,17). The van der Waals surface area contributed by atoms with Gasteiger partial charge < -0.3 is 10.0 Å². The zero-order chi connectivity index (χ0) is 12.8. The van der Waals surface area contributed by atoms with Crippen LogP contribution in [0.2, 0.25) is 0 Å². The van der Waals surface area contributed by atoms with Crippen molar-refractivity contribution >= 4 is 11.9 Å². The summed E-state index contributed by atoms with van der Waals surface area (Å²) in [5.41, 5.74) is 0. The molecule has 4 heteroatoms. The number of carboxylic acid groups (broad SMARTS) is 1. The molecule has 0 aromatic carbocycles. The Hall–Kier alpha value is -1.50. The fraction of sp³-hybridized carbons (Fsp3) is 0.692. The number of aliphatic carboxylic acids is 1. The minimum absolute atomic E-state index is 0.134. The first-order valence-corrected chi connectivity index (χ1v) is 6.05. The van der Waals surface area contributed by atoms with E-state index in [0.717, 1.165) is 12.8 Å². The molecular weight excluding hydrogens is 218 g/mol. The zero-order valence-electron chi connectivity index (χ0n) is 10.2. The Kier molecular flexibility index (Phi) is 5.02. The van der Waals surface area contributed by atoms with Crippen molar-refractivity contribution in [2.24, 2.45) is 5.92 Å². The molecule has 2 unspecified atom stereocenters. The first-order chi connectivity index (χ1) is 8.10. The van der Waals surface area contributed by atoms with Crippen molar-refractivity contribution in [3.05, 3.63) is 0 Å². The first-order valence-electron chi connectivity index (χ1n) is 6.05. The highest BCUT2D eigenvalue weighted by molar-refractivity contribution is 5.84. The van der Waals surface area contributed by atoms with Crippen LogP contribution in [0.25, 0.3) is 0 Å². The van der Waals surface area contributed by atoms with Crippen molar-refractivity contribution in [1.29, 1.82) is 0 Å². The summed E-state index contributed by atoms with van der Waals surface area (Å²) < 4.78 is 0. The van der Waals surface area contributed by atoms with E-state index in [1.54, 1.807) is 0 Å². The molecule has 4 nitrogen and oxygen atoms in total. The third-order valence-corrected chi connectivity index (χ3v) is 3.38. The number of piperidine rings is 1. The van der Waals surface area contributed by atoms with Crippen molar-refractivity contribution in [1.82, 2.24) is 4.90 Å². The van der Waals surface area contributed by atoms with Crippen LogP contribution in [-0.4, -0.2) is 34.5 Å². The number of carboxylic acids is 1. The maximum Gasteiger partial charge on any atom is 0.326 e. The molecule has 1 N–H and O–H groups in total. The van der Waals surface area contributed by atoms with Crippen molar-refractivity contribution in [2.45, 2.75) is 45.1 Å². The van der Waals surface area contributed by atoms with Crippen LogP contribution in [0.1, 0.15) is 39.0 Å². The molecule has 1 aliphatic rings. The van der Waals surface area contributed by atoms with Crippen LogP contribution in [0.5, 0.6) is 0 Å². The lowest BCUT2D eigenvalue weighted by Crippen LogP contribution is -2.50. The van der Waals surface area contributed by atoms with Crippen LogP contribution < -0.4 is 0 Å². The zero-order valence-corrected chi connectivity index (χ0v) is 10.2. The van der Waals surface area contributed by atoms with E-state index < -0.39 is 12.0 Å². The number of hydrogen-bond acceptors (Lipinski definition) is 2. The topological polar surface area (TPSA) is 57.6 Å². The Morgan fingerprint density at radius 2 is 2.24 bits per heavy atom. The molecule has 0 bridgehead atoms. The van der Waals surface area contributed by atoms with Crippen molar-refractivity contribution < 1.29 is 14.7 Å². The number of hydrogen-bond donors (Lipinski definition) is 1. The third-order valence-electron chi connectivity index (χ3n) is 3.38. The monoisotopic (exact) mass is 237 g/mol. The van der Waals surface area contributed by atoms with Gasteiger partial charge in [-0.3, -0.25) is 4.79 Å². The predicted molar refractivity (Wildman–Crippen MR) is 64.2 cm³/mol. The third kappa shape index (κ3) is 3.48. The van der Waals surface area contributed by atoms with Crippen LogP contribution in [0, 0.1) is 18.3 Å². The Morgan fingerprint density at radius 1 is 1.53 bits per heavy atom. The van der Waals surface area contributed by atoms with Gasteiger partial charge in [0.25, 0.3) is 0 Å². The number of carbonyl (C=O) groups excluding carboxylic acids is 1. The Morgan fingerprint density at radius 3 is 2.76 bits per heavy atom. The summed E-state index contributed by atoms with van der Waals surface area (Å²) in [5.74, 6) is 1.78. The summed E-state index contributed by atoms with van der Waals surface area (Å²) >= 11 is 0. The molecule has 94 valence electrons. The molecule has 1 saturated heterocycles. The summed E-state index contributed by atoms with van der Waals surface area (Å²) in [7, 11) is 0. The summed E-state index contributed by atoms with van der Waals surface area (Å²) in [4.78, 5) is 24.5. The molecule has 2 atom stereocenters. The number of amides is 1. The van der Waals surface area contributed by atoms with Gasteiger partial charge in [0.05, 0.1) is 0 Å². The minimum Gasteiger partial charge on any atom is -0.480 e. The molecule has 1 amide bonds. The van der Waals surface area contributed by atoms with Crippen LogP contribution in [0.15, 0.2) is 0 Å². The summed E-state index contributed by atoms with van der Waals surface area (Å²) in [5, 5.41) is 9.16. The average molecular weight is 237 g/mol. The van der Waals surface area contributed by atoms with E-state index in [4.69, 9.17) is 11.5 Å². The van der Waals surface area contributed by atoms with Gasteiger partial charge in [-0.25, -0.2) is 4.79 Å². The highest BCUT2D eigenvalue weighted by atomic mass is 16.4. The molecule has 0 aromatic rings. The number of terminal acetylenes is 1. The van der Waals surface area contributed by atoms with Gasteiger partial charge in [-0.15, -0.1) is 12.3 Å². The fourth-order valence-electron chi connectivity index (χ4n) is 2.26. The summed E-state index contributed by atoms with van der Waals surface area (Å²) in [6.07, 6.45) is 8.15. The highest BCUT2D eigenvalue weighted by Crippen LogP contribution is 2.26. The lowest BCUT2D eigenvalue weighted by atomic mass is 9.88. The minimum atomic E-state index is -0.905. The van der Waals surface area contributed by atoms with Gasteiger partial charge in [-0.2, -0.15) is 0 Å². The summed E-state index contributed by atoms with van der Waals surface area (Å²) in [6, 6.07) is -0.668. The normalized spacial score (nSPS) is 24.1. The second-order valence-corrected chi connectivity index (χ2v) is 4.44. The van der Waals surface area contributed by atoms with Crippen LogP contribution in [0.4, 0.5) is 0 Å². The predicted octanol–water partition coefficient (Wildman–Crippen LogP) is 1.50. The van der Waals surface area contributed by atoms with E-state index >= 15 is 0 Å². The molecule has 1 rings (SSSR count). The molecule has 1 fully saturated rings. The maximum atomic E-state index is 11.8. The van der Waals surface area contributed by atoms with Gasteiger partial charge in [0, 0.05) is 19.4 Å². The van der Waals surface area contributed by atoms with Crippen LogP contribution >= 0.6 is 0 Å². The van der Waals surface area contributed by atoms with E-state index in [0.29, 0.717) is 25.3 Å². The molecule has 0 spiro atoms. The van der Waals surface area contributed by atoms with Gasteiger partial charge in [-0.1, -0.05) is 13.3 Å². The maximum absolute atomic E-state index is 11.8. The lowest BCUT2D eigenvalue weighted by molar-refractivity contribution is -0.153.